The lowest BCUT2D eigenvalue weighted by Crippen LogP contribution is -2.49. The first kappa shape index (κ1) is 19.0. The van der Waals surface area contributed by atoms with E-state index >= 15 is 0 Å². The van der Waals surface area contributed by atoms with Crippen LogP contribution in [0.5, 0.6) is 0 Å². The summed E-state index contributed by atoms with van der Waals surface area (Å²) in [5.74, 6) is 0.364. The molecule has 4 rings (SSSR count). The van der Waals surface area contributed by atoms with Gasteiger partial charge in [-0.3, -0.25) is 4.79 Å². The van der Waals surface area contributed by atoms with Crippen LogP contribution < -0.4 is 16.0 Å². The third-order valence-corrected chi connectivity index (χ3v) is 5.44. The fourth-order valence-electron chi connectivity index (χ4n) is 3.88. The van der Waals surface area contributed by atoms with Crippen molar-refractivity contribution in [2.24, 2.45) is 5.73 Å². The number of carbonyl (C=O) groups is 2. The van der Waals surface area contributed by atoms with E-state index < -0.39 is 5.91 Å². The largest absolute Gasteiger partial charge is 0.364 e. The van der Waals surface area contributed by atoms with Gasteiger partial charge < -0.3 is 25.8 Å². The van der Waals surface area contributed by atoms with Crippen molar-refractivity contribution in [2.45, 2.75) is 18.9 Å². The Morgan fingerprint density at radius 3 is 2.69 bits per heavy atom. The molecule has 0 spiro atoms. The first-order valence-corrected chi connectivity index (χ1v) is 9.78. The van der Waals surface area contributed by atoms with Gasteiger partial charge in [-0.15, -0.1) is 0 Å². The van der Waals surface area contributed by atoms with Crippen LogP contribution in [0.1, 0.15) is 23.3 Å². The topological polar surface area (TPSA) is 108 Å². The number of nitrogens with zero attached hydrogens (tertiary/aromatic N) is 5. The molecular weight excluding hydrogens is 370 g/mol. The Hall–Kier alpha value is -3.36. The second-order valence-electron chi connectivity index (χ2n) is 7.42. The van der Waals surface area contributed by atoms with E-state index in [1.807, 2.05) is 42.3 Å². The van der Waals surface area contributed by atoms with E-state index in [2.05, 4.69) is 20.2 Å². The molecule has 2 fully saturated rings. The maximum atomic E-state index is 12.4. The third-order valence-electron chi connectivity index (χ3n) is 5.44. The van der Waals surface area contributed by atoms with Gasteiger partial charge in [-0.25, -0.2) is 14.8 Å². The molecular formula is C20H25N7O2. The lowest BCUT2D eigenvalue weighted by Gasteiger charge is -2.37. The first-order valence-electron chi connectivity index (χ1n) is 9.78. The van der Waals surface area contributed by atoms with Crippen LogP contribution in [0, 0.1) is 0 Å². The van der Waals surface area contributed by atoms with Crippen molar-refractivity contribution in [2.75, 3.05) is 43.4 Å². The second kappa shape index (κ2) is 7.94. The van der Waals surface area contributed by atoms with Crippen molar-refractivity contribution in [3.8, 4) is 0 Å². The van der Waals surface area contributed by atoms with Crippen LogP contribution in [-0.4, -0.2) is 71.0 Å². The van der Waals surface area contributed by atoms with Gasteiger partial charge in [0.05, 0.1) is 12.2 Å². The highest BCUT2D eigenvalue weighted by atomic mass is 16.2. The Bertz CT molecular complexity index is 905. The molecule has 0 bridgehead atoms. The fraction of sp³-hybridized carbons (Fsp3) is 0.400. The first-order chi connectivity index (χ1) is 14.0. The minimum atomic E-state index is -0.635. The van der Waals surface area contributed by atoms with E-state index in [1.165, 1.54) is 0 Å². The van der Waals surface area contributed by atoms with Gasteiger partial charge in [-0.1, -0.05) is 18.2 Å². The van der Waals surface area contributed by atoms with Gasteiger partial charge in [0.25, 0.3) is 5.91 Å². The lowest BCUT2D eigenvalue weighted by atomic mass is 10.0. The molecule has 1 unspecified atom stereocenters. The maximum Gasteiger partial charge on any atom is 0.320 e. The van der Waals surface area contributed by atoms with Crippen LogP contribution in [0.3, 0.4) is 0 Å². The zero-order valence-electron chi connectivity index (χ0n) is 16.4. The second-order valence-corrected chi connectivity index (χ2v) is 7.42. The number of primary amides is 1. The number of anilines is 3. The van der Waals surface area contributed by atoms with Crippen LogP contribution in [0.25, 0.3) is 0 Å². The average molecular weight is 395 g/mol. The standard InChI is InChI=1S/C20H25N7O2/c1-25-10-11-27(20(25)29)15-8-5-9-26(13-15)16-12-22-17(18(21)28)19(24-16)23-14-6-3-2-4-7-14/h2-4,6-7,12,15H,5,8-11,13H2,1H3,(H2,21,28)(H,23,24). The van der Waals surface area contributed by atoms with Crippen molar-refractivity contribution >= 4 is 29.3 Å². The maximum absolute atomic E-state index is 12.4. The Labute approximate surface area is 169 Å². The van der Waals surface area contributed by atoms with Gasteiger partial charge in [-0.05, 0) is 25.0 Å². The van der Waals surface area contributed by atoms with Crippen molar-refractivity contribution in [3.05, 3.63) is 42.2 Å². The Kier molecular flexibility index (Phi) is 5.20. The smallest absolute Gasteiger partial charge is 0.320 e. The summed E-state index contributed by atoms with van der Waals surface area (Å²) in [6, 6.07) is 9.68. The number of hydrogen-bond acceptors (Lipinski definition) is 6. The Morgan fingerprint density at radius 1 is 1.21 bits per heavy atom. The third kappa shape index (κ3) is 3.94. The van der Waals surface area contributed by atoms with Crippen LogP contribution in [0.2, 0.25) is 0 Å². The summed E-state index contributed by atoms with van der Waals surface area (Å²) in [5, 5.41) is 3.14. The van der Waals surface area contributed by atoms with Gasteiger partial charge in [-0.2, -0.15) is 0 Å². The fourth-order valence-corrected chi connectivity index (χ4v) is 3.88. The van der Waals surface area contributed by atoms with Crippen molar-refractivity contribution in [3.63, 3.8) is 0 Å². The van der Waals surface area contributed by atoms with Gasteiger partial charge in [0.2, 0.25) is 0 Å². The van der Waals surface area contributed by atoms with Crippen LogP contribution in [0.15, 0.2) is 36.5 Å². The van der Waals surface area contributed by atoms with Gasteiger partial charge in [0.15, 0.2) is 11.5 Å². The molecule has 0 radical (unpaired) electrons. The lowest BCUT2D eigenvalue weighted by molar-refractivity contribution is 0.0996. The number of nitrogens with one attached hydrogen (secondary N) is 1. The molecule has 0 aliphatic carbocycles. The molecule has 152 valence electrons. The van der Waals surface area contributed by atoms with E-state index in [1.54, 1.807) is 11.1 Å². The predicted octanol–water partition coefficient (Wildman–Crippen LogP) is 1.66. The summed E-state index contributed by atoms with van der Waals surface area (Å²) >= 11 is 0. The van der Waals surface area contributed by atoms with E-state index in [0.29, 0.717) is 18.2 Å². The van der Waals surface area contributed by atoms with Crippen LogP contribution in [-0.2, 0) is 0 Å². The molecule has 1 aromatic carbocycles. The Balaban J connectivity index is 1.57. The molecule has 1 aromatic heterocycles. The molecule has 9 heteroatoms. The highest BCUT2D eigenvalue weighted by Crippen LogP contribution is 2.26. The molecule has 3 amide bonds. The number of aromatic nitrogens is 2. The van der Waals surface area contributed by atoms with E-state index in [-0.39, 0.29) is 17.8 Å². The van der Waals surface area contributed by atoms with E-state index in [4.69, 9.17) is 5.73 Å². The number of para-hydroxylation sites is 1. The summed E-state index contributed by atoms with van der Waals surface area (Å²) in [4.78, 5) is 38.9. The van der Waals surface area contributed by atoms with Crippen molar-refractivity contribution < 1.29 is 9.59 Å². The number of carbonyl (C=O) groups excluding carboxylic acids is 2. The van der Waals surface area contributed by atoms with Gasteiger partial charge >= 0.3 is 6.03 Å². The van der Waals surface area contributed by atoms with Crippen molar-refractivity contribution in [1.29, 1.82) is 0 Å². The Morgan fingerprint density at radius 2 is 2.00 bits per heavy atom. The van der Waals surface area contributed by atoms with E-state index in [0.717, 1.165) is 38.2 Å². The average Bonchev–Trinajstić information content (AvgIpc) is 3.07. The summed E-state index contributed by atoms with van der Waals surface area (Å²) in [6.07, 6.45) is 3.51. The molecule has 2 saturated heterocycles. The number of nitrogens with two attached hydrogens (primary N) is 1. The van der Waals surface area contributed by atoms with Gasteiger partial charge in [0.1, 0.15) is 5.82 Å². The molecule has 0 saturated carbocycles. The number of urea groups is 1. The summed E-state index contributed by atoms with van der Waals surface area (Å²) in [6.45, 7) is 3.02. The van der Waals surface area contributed by atoms with E-state index in [9.17, 15) is 9.59 Å². The number of benzene rings is 1. The summed E-state index contributed by atoms with van der Waals surface area (Å²) in [5.41, 5.74) is 6.38. The minimum absolute atomic E-state index is 0.0819. The van der Waals surface area contributed by atoms with Crippen LogP contribution in [0.4, 0.5) is 22.1 Å². The minimum Gasteiger partial charge on any atom is -0.364 e. The summed E-state index contributed by atoms with van der Waals surface area (Å²) in [7, 11) is 1.83. The summed E-state index contributed by atoms with van der Waals surface area (Å²) < 4.78 is 0. The molecule has 3 heterocycles. The number of hydrogen-bond donors (Lipinski definition) is 2. The number of amides is 3. The highest BCUT2D eigenvalue weighted by molar-refractivity contribution is 5.96. The molecule has 2 aliphatic rings. The highest BCUT2D eigenvalue weighted by Gasteiger charge is 2.34. The molecule has 1 atom stereocenters. The monoisotopic (exact) mass is 395 g/mol. The SMILES string of the molecule is CN1CCN(C2CCCN(c3cnc(C(N)=O)c(Nc4ccccc4)n3)C2)C1=O. The molecule has 29 heavy (non-hydrogen) atoms. The number of piperidine rings is 1. The number of rotatable bonds is 5. The quantitative estimate of drug-likeness (QED) is 0.797. The molecule has 2 aliphatic heterocycles. The number of likely N-dealkylation sites (N-methyl/N-ethyl adjacent to an activating group) is 1. The zero-order valence-corrected chi connectivity index (χ0v) is 16.4. The molecule has 3 N–H and O–H groups in total. The van der Waals surface area contributed by atoms with Crippen molar-refractivity contribution in [1.82, 2.24) is 19.8 Å². The van der Waals surface area contributed by atoms with Crippen LogP contribution >= 0.6 is 0 Å². The molecule has 9 nitrogen and oxygen atoms in total. The molecule has 2 aromatic rings. The predicted molar refractivity (Wildman–Crippen MR) is 110 cm³/mol. The normalized spacial score (nSPS) is 19.6. The zero-order chi connectivity index (χ0) is 20.4. The van der Waals surface area contributed by atoms with Gasteiger partial charge in [0, 0.05) is 38.9 Å².